The molecule has 0 radical (unpaired) electrons. The van der Waals surface area contributed by atoms with E-state index in [0.717, 1.165) is 5.56 Å². The van der Waals surface area contributed by atoms with Crippen LogP contribution in [0.25, 0.3) is 5.69 Å². The summed E-state index contributed by atoms with van der Waals surface area (Å²) in [4.78, 5) is 0. The van der Waals surface area contributed by atoms with Crippen LogP contribution in [0, 0.1) is 12.7 Å². The second kappa shape index (κ2) is 3.78. The quantitative estimate of drug-likeness (QED) is 0.802. The van der Waals surface area contributed by atoms with Gasteiger partial charge in [0.15, 0.2) is 0 Å². The van der Waals surface area contributed by atoms with Crippen molar-refractivity contribution in [1.82, 2.24) is 15.0 Å². The second-order valence-electron chi connectivity index (χ2n) is 3.31. The average Bonchev–Trinajstić information content (AvgIpc) is 2.66. The van der Waals surface area contributed by atoms with Crippen molar-refractivity contribution in [2.75, 3.05) is 0 Å². The standard InChI is InChI=1S/C10H11FN4/c1-7-2-3-10(9(11)4-7)15-6-8(5-12)13-14-15/h2-4,6H,5,12H2,1H3. The number of hydrogen-bond donors (Lipinski definition) is 1. The molecular weight excluding hydrogens is 195 g/mol. The third kappa shape index (κ3) is 1.87. The van der Waals surface area contributed by atoms with Gasteiger partial charge in [-0.15, -0.1) is 5.10 Å². The molecule has 1 aromatic carbocycles. The van der Waals surface area contributed by atoms with Gasteiger partial charge in [-0.05, 0) is 24.6 Å². The third-order valence-corrected chi connectivity index (χ3v) is 2.10. The summed E-state index contributed by atoms with van der Waals surface area (Å²) in [6, 6.07) is 4.95. The summed E-state index contributed by atoms with van der Waals surface area (Å²) in [5.74, 6) is -0.316. The highest BCUT2D eigenvalue weighted by Crippen LogP contribution is 2.13. The first-order valence-electron chi connectivity index (χ1n) is 4.58. The van der Waals surface area contributed by atoms with Gasteiger partial charge in [0, 0.05) is 6.54 Å². The maximum absolute atomic E-state index is 13.5. The van der Waals surface area contributed by atoms with Crippen LogP contribution in [0.5, 0.6) is 0 Å². The minimum atomic E-state index is -0.316. The van der Waals surface area contributed by atoms with Crippen molar-refractivity contribution < 1.29 is 4.39 Å². The summed E-state index contributed by atoms with van der Waals surface area (Å²) in [5.41, 5.74) is 7.28. The molecule has 4 nitrogen and oxygen atoms in total. The Balaban J connectivity index is 2.44. The monoisotopic (exact) mass is 206 g/mol. The number of hydrogen-bond acceptors (Lipinski definition) is 3. The minimum absolute atomic E-state index is 0.299. The van der Waals surface area contributed by atoms with E-state index in [1.165, 1.54) is 10.7 Å². The molecule has 0 aliphatic carbocycles. The lowest BCUT2D eigenvalue weighted by Gasteiger charge is -2.02. The molecular formula is C10H11FN4. The molecule has 0 unspecified atom stereocenters. The predicted molar refractivity (Wildman–Crippen MR) is 53.9 cm³/mol. The molecule has 78 valence electrons. The highest BCUT2D eigenvalue weighted by atomic mass is 19.1. The van der Waals surface area contributed by atoms with Gasteiger partial charge < -0.3 is 5.73 Å². The van der Waals surface area contributed by atoms with Crippen molar-refractivity contribution in [2.24, 2.45) is 5.73 Å². The lowest BCUT2D eigenvalue weighted by molar-refractivity contribution is 0.606. The molecule has 1 aromatic heterocycles. The summed E-state index contributed by atoms with van der Waals surface area (Å²) >= 11 is 0. The van der Waals surface area contributed by atoms with Crippen LogP contribution in [0.1, 0.15) is 11.3 Å². The lowest BCUT2D eigenvalue weighted by Crippen LogP contribution is -1.99. The molecule has 2 rings (SSSR count). The molecule has 0 bridgehead atoms. The Morgan fingerprint density at radius 3 is 2.87 bits per heavy atom. The van der Waals surface area contributed by atoms with Crippen LogP contribution in [0.2, 0.25) is 0 Å². The fourth-order valence-electron chi connectivity index (χ4n) is 1.31. The summed E-state index contributed by atoms with van der Waals surface area (Å²) in [7, 11) is 0. The first-order valence-corrected chi connectivity index (χ1v) is 4.58. The van der Waals surface area contributed by atoms with E-state index in [4.69, 9.17) is 5.73 Å². The number of nitrogens with two attached hydrogens (primary N) is 1. The molecule has 2 aromatic rings. The second-order valence-corrected chi connectivity index (χ2v) is 3.31. The van der Waals surface area contributed by atoms with Gasteiger partial charge in [-0.1, -0.05) is 11.3 Å². The topological polar surface area (TPSA) is 56.7 Å². The van der Waals surface area contributed by atoms with Crippen LogP contribution in [-0.2, 0) is 6.54 Å². The van der Waals surface area contributed by atoms with E-state index in [9.17, 15) is 4.39 Å². The van der Waals surface area contributed by atoms with E-state index in [-0.39, 0.29) is 5.82 Å². The van der Waals surface area contributed by atoms with Gasteiger partial charge in [-0.25, -0.2) is 9.07 Å². The third-order valence-electron chi connectivity index (χ3n) is 2.10. The maximum atomic E-state index is 13.5. The van der Waals surface area contributed by atoms with Crippen LogP contribution in [0.3, 0.4) is 0 Å². The number of nitrogens with zero attached hydrogens (tertiary/aromatic N) is 3. The maximum Gasteiger partial charge on any atom is 0.149 e. The predicted octanol–water partition coefficient (Wildman–Crippen LogP) is 1.17. The molecule has 1 heterocycles. The molecule has 0 saturated carbocycles. The van der Waals surface area contributed by atoms with Gasteiger partial charge in [0.25, 0.3) is 0 Å². The number of aromatic nitrogens is 3. The van der Waals surface area contributed by atoms with E-state index in [0.29, 0.717) is 17.9 Å². The van der Waals surface area contributed by atoms with Gasteiger partial charge in [-0.2, -0.15) is 0 Å². The summed E-state index contributed by atoms with van der Waals surface area (Å²) in [6.45, 7) is 2.13. The van der Waals surface area contributed by atoms with Gasteiger partial charge in [0.1, 0.15) is 11.5 Å². The van der Waals surface area contributed by atoms with Crippen LogP contribution < -0.4 is 5.73 Å². The van der Waals surface area contributed by atoms with Crippen LogP contribution in [-0.4, -0.2) is 15.0 Å². The van der Waals surface area contributed by atoms with Crippen molar-refractivity contribution in [3.8, 4) is 5.69 Å². The van der Waals surface area contributed by atoms with Gasteiger partial charge in [0.2, 0.25) is 0 Å². The highest BCUT2D eigenvalue weighted by molar-refractivity contribution is 5.35. The molecule has 0 atom stereocenters. The van der Waals surface area contributed by atoms with Crippen molar-refractivity contribution in [1.29, 1.82) is 0 Å². The largest absolute Gasteiger partial charge is 0.325 e. The number of halogens is 1. The van der Waals surface area contributed by atoms with E-state index in [1.54, 1.807) is 12.3 Å². The molecule has 0 fully saturated rings. The molecule has 15 heavy (non-hydrogen) atoms. The Labute approximate surface area is 86.5 Å². The molecule has 0 amide bonds. The molecule has 0 spiro atoms. The SMILES string of the molecule is Cc1ccc(-n2cc(CN)nn2)c(F)c1. The zero-order chi connectivity index (χ0) is 10.8. The van der Waals surface area contributed by atoms with Crippen LogP contribution in [0.4, 0.5) is 4.39 Å². The molecule has 0 aliphatic rings. The molecule has 5 heteroatoms. The Morgan fingerprint density at radius 1 is 1.47 bits per heavy atom. The Kier molecular flexibility index (Phi) is 2.47. The van der Waals surface area contributed by atoms with Crippen molar-refractivity contribution >= 4 is 0 Å². The lowest BCUT2D eigenvalue weighted by atomic mass is 10.2. The fraction of sp³-hybridized carbons (Fsp3) is 0.200. The molecule has 0 saturated heterocycles. The number of benzene rings is 1. The zero-order valence-electron chi connectivity index (χ0n) is 8.31. The minimum Gasteiger partial charge on any atom is -0.325 e. The molecule has 2 N–H and O–H groups in total. The average molecular weight is 206 g/mol. The van der Waals surface area contributed by atoms with E-state index in [2.05, 4.69) is 10.3 Å². The van der Waals surface area contributed by atoms with Crippen LogP contribution >= 0.6 is 0 Å². The Morgan fingerprint density at radius 2 is 2.27 bits per heavy atom. The van der Waals surface area contributed by atoms with Crippen molar-refractivity contribution in [2.45, 2.75) is 13.5 Å². The van der Waals surface area contributed by atoms with E-state index >= 15 is 0 Å². The van der Waals surface area contributed by atoms with E-state index in [1.807, 2.05) is 13.0 Å². The Hall–Kier alpha value is -1.75. The van der Waals surface area contributed by atoms with Crippen molar-refractivity contribution in [3.63, 3.8) is 0 Å². The summed E-state index contributed by atoms with van der Waals surface area (Å²) in [6.07, 6.45) is 1.62. The smallest absolute Gasteiger partial charge is 0.149 e. The first kappa shape index (κ1) is 9.79. The highest BCUT2D eigenvalue weighted by Gasteiger charge is 2.06. The van der Waals surface area contributed by atoms with Gasteiger partial charge >= 0.3 is 0 Å². The zero-order valence-corrected chi connectivity index (χ0v) is 8.31. The first-order chi connectivity index (χ1) is 7.20. The van der Waals surface area contributed by atoms with Crippen molar-refractivity contribution in [3.05, 3.63) is 41.5 Å². The normalized spacial score (nSPS) is 10.6. The summed E-state index contributed by atoms with van der Waals surface area (Å²) in [5, 5.41) is 7.59. The number of rotatable bonds is 2. The van der Waals surface area contributed by atoms with Gasteiger partial charge in [-0.3, -0.25) is 0 Å². The Bertz CT molecular complexity index is 478. The summed E-state index contributed by atoms with van der Waals surface area (Å²) < 4.78 is 14.9. The van der Waals surface area contributed by atoms with E-state index < -0.39 is 0 Å². The molecule has 0 aliphatic heterocycles. The van der Waals surface area contributed by atoms with Crippen LogP contribution in [0.15, 0.2) is 24.4 Å². The fourth-order valence-corrected chi connectivity index (χ4v) is 1.31. The van der Waals surface area contributed by atoms with Gasteiger partial charge in [0.05, 0.1) is 11.9 Å². The number of aryl methyl sites for hydroxylation is 1.